The normalized spacial score (nSPS) is 12.7. The van der Waals surface area contributed by atoms with Crippen LogP contribution in [-0.2, 0) is 11.3 Å². The molecule has 1 amide bonds. The van der Waals surface area contributed by atoms with Crippen LogP contribution in [0.3, 0.4) is 0 Å². The lowest BCUT2D eigenvalue weighted by atomic mass is 9.78. The van der Waals surface area contributed by atoms with Crippen molar-refractivity contribution in [3.63, 3.8) is 0 Å². The van der Waals surface area contributed by atoms with Gasteiger partial charge in [-0.1, -0.05) is 96.5 Å². The molecule has 0 saturated heterocycles. The van der Waals surface area contributed by atoms with Gasteiger partial charge in [0.1, 0.15) is 0 Å². The standard InChI is InChI=1S/C27H37N5O/c1-7-8-13-24(33)32(25(19(2)3)27(4,5)6)18-20-14-16-21(17-15-20)22-11-9-10-12-23(22)26-28-30-31-29-26/h9-12,14-17,19,25H,7-8,13,18H2,1-6H3,(H,28,29,30,31)/t25-/m0/s1. The van der Waals surface area contributed by atoms with Gasteiger partial charge in [0.05, 0.1) is 0 Å². The van der Waals surface area contributed by atoms with Gasteiger partial charge in [-0.3, -0.25) is 4.79 Å². The minimum atomic E-state index is -0.000480. The highest BCUT2D eigenvalue weighted by Gasteiger charge is 2.35. The Kier molecular flexibility index (Phi) is 8.01. The van der Waals surface area contributed by atoms with Crippen LogP contribution in [-0.4, -0.2) is 37.5 Å². The first kappa shape index (κ1) is 24.6. The Balaban J connectivity index is 1.89. The number of amides is 1. The SMILES string of the molecule is CCCCC(=O)N(Cc1ccc(-c2ccccc2-c2nn[nH]n2)cc1)[C@@H](C(C)C)C(C)(C)C. The minimum absolute atomic E-state index is 0.000480. The van der Waals surface area contributed by atoms with Crippen LogP contribution >= 0.6 is 0 Å². The van der Waals surface area contributed by atoms with E-state index in [0.717, 1.165) is 35.1 Å². The summed E-state index contributed by atoms with van der Waals surface area (Å²) >= 11 is 0. The fraction of sp³-hybridized carbons (Fsp3) is 0.481. The number of hydrogen-bond acceptors (Lipinski definition) is 4. The number of tetrazole rings is 1. The molecule has 0 aliphatic carbocycles. The van der Waals surface area contributed by atoms with Gasteiger partial charge in [0.15, 0.2) is 0 Å². The number of nitrogens with zero attached hydrogens (tertiary/aromatic N) is 4. The molecule has 6 heteroatoms. The molecule has 1 atom stereocenters. The molecule has 3 rings (SSSR count). The predicted octanol–water partition coefficient (Wildman–Crippen LogP) is 6.12. The van der Waals surface area contributed by atoms with E-state index < -0.39 is 0 Å². The molecular formula is C27H37N5O. The second kappa shape index (κ2) is 10.7. The van der Waals surface area contributed by atoms with Gasteiger partial charge in [-0.15, -0.1) is 10.2 Å². The van der Waals surface area contributed by atoms with E-state index in [1.54, 1.807) is 0 Å². The molecule has 0 unspecified atom stereocenters. The van der Waals surface area contributed by atoms with Crippen molar-refractivity contribution in [2.24, 2.45) is 11.3 Å². The highest BCUT2D eigenvalue weighted by molar-refractivity contribution is 5.80. The highest BCUT2D eigenvalue weighted by Crippen LogP contribution is 2.33. The summed E-state index contributed by atoms with van der Waals surface area (Å²) in [4.78, 5) is 15.4. The van der Waals surface area contributed by atoms with Crippen LogP contribution in [0, 0.1) is 11.3 Å². The average molecular weight is 448 g/mol. The Hall–Kier alpha value is -3.02. The van der Waals surface area contributed by atoms with Crippen molar-refractivity contribution in [2.75, 3.05) is 0 Å². The number of hydrogen-bond donors (Lipinski definition) is 1. The summed E-state index contributed by atoms with van der Waals surface area (Å²) in [5.74, 6) is 1.20. The molecule has 1 aromatic heterocycles. The highest BCUT2D eigenvalue weighted by atomic mass is 16.2. The molecule has 0 saturated carbocycles. The Labute approximate surface area is 197 Å². The van der Waals surface area contributed by atoms with Gasteiger partial charge in [-0.05, 0) is 39.7 Å². The van der Waals surface area contributed by atoms with Crippen LogP contribution in [0.15, 0.2) is 48.5 Å². The lowest BCUT2D eigenvalue weighted by Crippen LogP contribution is -2.49. The van der Waals surface area contributed by atoms with Gasteiger partial charge in [0.2, 0.25) is 11.7 Å². The number of carbonyl (C=O) groups excluding carboxylic acids is 1. The summed E-state index contributed by atoms with van der Waals surface area (Å²) in [5.41, 5.74) is 4.20. The molecule has 0 aliphatic heterocycles. The first-order valence-electron chi connectivity index (χ1n) is 11.9. The zero-order valence-corrected chi connectivity index (χ0v) is 20.8. The first-order valence-corrected chi connectivity index (χ1v) is 11.9. The van der Waals surface area contributed by atoms with Crippen molar-refractivity contribution in [3.05, 3.63) is 54.1 Å². The summed E-state index contributed by atoms with van der Waals surface area (Å²) in [5, 5.41) is 14.5. The van der Waals surface area contributed by atoms with Crippen LogP contribution in [0.5, 0.6) is 0 Å². The van der Waals surface area contributed by atoms with Crippen LogP contribution in [0.2, 0.25) is 0 Å². The van der Waals surface area contributed by atoms with E-state index in [4.69, 9.17) is 0 Å². The molecule has 176 valence electrons. The number of rotatable bonds is 9. The van der Waals surface area contributed by atoms with Gasteiger partial charge in [0, 0.05) is 24.6 Å². The van der Waals surface area contributed by atoms with Crippen LogP contribution < -0.4 is 0 Å². The Morgan fingerprint density at radius 1 is 1.03 bits per heavy atom. The van der Waals surface area contributed by atoms with E-state index in [2.05, 4.69) is 97.4 Å². The molecular weight excluding hydrogens is 410 g/mol. The molecule has 3 aromatic rings. The van der Waals surface area contributed by atoms with Gasteiger partial charge >= 0.3 is 0 Å². The summed E-state index contributed by atoms with van der Waals surface area (Å²) < 4.78 is 0. The molecule has 6 nitrogen and oxygen atoms in total. The Morgan fingerprint density at radius 2 is 1.70 bits per heavy atom. The number of nitrogens with one attached hydrogen (secondary N) is 1. The van der Waals surface area contributed by atoms with Crippen LogP contribution in [0.4, 0.5) is 0 Å². The van der Waals surface area contributed by atoms with Crippen LogP contribution in [0.25, 0.3) is 22.5 Å². The number of carbonyl (C=O) groups is 1. The summed E-state index contributed by atoms with van der Waals surface area (Å²) in [6, 6.07) is 16.7. The molecule has 0 fully saturated rings. The lowest BCUT2D eigenvalue weighted by molar-refractivity contribution is -0.138. The van der Waals surface area contributed by atoms with Crippen LogP contribution in [0.1, 0.15) is 66.4 Å². The van der Waals surface area contributed by atoms with Crippen molar-refractivity contribution in [1.82, 2.24) is 25.5 Å². The van der Waals surface area contributed by atoms with Gasteiger partial charge < -0.3 is 4.90 Å². The molecule has 0 aliphatic rings. The quantitative estimate of drug-likeness (QED) is 0.428. The van der Waals surface area contributed by atoms with Crippen molar-refractivity contribution >= 4 is 5.91 Å². The van der Waals surface area contributed by atoms with Crippen molar-refractivity contribution in [1.29, 1.82) is 0 Å². The predicted molar refractivity (Wildman–Crippen MR) is 133 cm³/mol. The van der Waals surface area contributed by atoms with E-state index in [0.29, 0.717) is 24.7 Å². The third-order valence-electron chi connectivity index (χ3n) is 6.05. The van der Waals surface area contributed by atoms with Gasteiger partial charge in [-0.25, -0.2) is 0 Å². The third kappa shape index (κ3) is 6.06. The van der Waals surface area contributed by atoms with Crippen molar-refractivity contribution in [2.45, 2.75) is 73.4 Å². The average Bonchev–Trinajstić information content (AvgIpc) is 3.31. The van der Waals surface area contributed by atoms with Gasteiger partial charge in [0.25, 0.3) is 0 Å². The maximum atomic E-state index is 13.3. The summed E-state index contributed by atoms with van der Waals surface area (Å²) in [6.45, 7) is 13.9. The number of aromatic nitrogens is 4. The summed E-state index contributed by atoms with van der Waals surface area (Å²) in [7, 11) is 0. The Bertz CT molecular complexity index is 1020. The maximum absolute atomic E-state index is 13.3. The minimum Gasteiger partial charge on any atom is -0.335 e. The topological polar surface area (TPSA) is 74.8 Å². The zero-order valence-electron chi connectivity index (χ0n) is 20.8. The molecule has 2 aromatic carbocycles. The van der Waals surface area contributed by atoms with E-state index in [1.165, 1.54) is 0 Å². The van der Waals surface area contributed by atoms with Crippen molar-refractivity contribution < 1.29 is 4.79 Å². The lowest BCUT2D eigenvalue weighted by Gasteiger charge is -2.43. The molecule has 0 bridgehead atoms. The third-order valence-corrected chi connectivity index (χ3v) is 6.05. The molecule has 1 N–H and O–H groups in total. The fourth-order valence-electron chi connectivity index (χ4n) is 4.83. The smallest absolute Gasteiger partial charge is 0.223 e. The molecule has 0 radical (unpaired) electrons. The fourth-order valence-corrected chi connectivity index (χ4v) is 4.83. The molecule has 0 spiro atoms. The number of aromatic amines is 1. The van der Waals surface area contributed by atoms with Gasteiger partial charge in [-0.2, -0.15) is 5.21 Å². The molecule has 33 heavy (non-hydrogen) atoms. The molecule has 1 heterocycles. The monoisotopic (exact) mass is 447 g/mol. The van der Waals surface area contributed by atoms with E-state index in [-0.39, 0.29) is 17.4 Å². The number of unbranched alkanes of at least 4 members (excludes halogenated alkanes) is 1. The number of benzene rings is 2. The van der Waals surface area contributed by atoms with E-state index >= 15 is 0 Å². The largest absolute Gasteiger partial charge is 0.335 e. The second-order valence-corrected chi connectivity index (χ2v) is 10.2. The van der Waals surface area contributed by atoms with E-state index in [9.17, 15) is 4.79 Å². The number of H-pyrrole nitrogens is 1. The Morgan fingerprint density at radius 3 is 2.24 bits per heavy atom. The zero-order chi connectivity index (χ0) is 24.0. The van der Waals surface area contributed by atoms with Crippen molar-refractivity contribution in [3.8, 4) is 22.5 Å². The van der Waals surface area contributed by atoms with E-state index in [1.807, 2.05) is 18.2 Å². The second-order valence-electron chi connectivity index (χ2n) is 10.2. The first-order chi connectivity index (χ1) is 15.7. The maximum Gasteiger partial charge on any atom is 0.223 e. The summed E-state index contributed by atoms with van der Waals surface area (Å²) in [6.07, 6.45) is 2.55.